The summed E-state index contributed by atoms with van der Waals surface area (Å²) in [6, 6.07) is 17.8. The molecular weight excluding hydrogens is 433 g/mol. The maximum absolute atomic E-state index is 14.4. The third-order valence-corrected chi connectivity index (χ3v) is 5.06. The lowest BCUT2D eigenvalue weighted by Crippen LogP contribution is -2.30. The predicted octanol–water partition coefficient (Wildman–Crippen LogP) is 4.89. The molecule has 1 N–H and O–H groups in total. The molecule has 0 aliphatic carbocycles. The first kappa shape index (κ1) is 21.5. The minimum Gasteiger partial charge on any atom is -0.494 e. The molecule has 3 aromatic carbocycles. The topological polar surface area (TPSA) is 73.2 Å². The number of carbonyl (C=O) groups excluding carboxylic acids is 1. The van der Waals surface area contributed by atoms with Gasteiger partial charge in [-0.05, 0) is 61.5 Å². The fourth-order valence-electron chi connectivity index (χ4n) is 3.41. The second-order valence-corrected chi connectivity index (χ2v) is 7.41. The molecule has 0 bridgehead atoms. The van der Waals surface area contributed by atoms with E-state index in [0.717, 1.165) is 0 Å². The Bertz CT molecular complexity index is 1350. The van der Waals surface area contributed by atoms with Gasteiger partial charge in [0.2, 0.25) is 5.91 Å². The second kappa shape index (κ2) is 9.20. The molecule has 0 spiro atoms. The van der Waals surface area contributed by atoms with E-state index in [1.54, 1.807) is 60.7 Å². The quantitative estimate of drug-likeness (QED) is 0.453. The monoisotopic (exact) mass is 451 g/mol. The van der Waals surface area contributed by atoms with Crippen LogP contribution in [0, 0.1) is 5.82 Å². The van der Waals surface area contributed by atoms with Crippen LogP contribution in [0.4, 0.5) is 10.1 Å². The number of carbonyl (C=O) groups is 1. The molecule has 0 unspecified atom stereocenters. The van der Waals surface area contributed by atoms with Crippen molar-refractivity contribution in [3.05, 3.63) is 88.1 Å². The SMILES string of the molecule is CCOc1ccc(NC(=O)Cn2c(=O)nc(-c3ccccc3F)c3cc(Cl)ccc32)cc1. The van der Waals surface area contributed by atoms with Crippen LogP contribution in [0.2, 0.25) is 5.02 Å². The van der Waals surface area contributed by atoms with E-state index in [1.165, 1.54) is 10.6 Å². The highest BCUT2D eigenvalue weighted by Gasteiger charge is 2.17. The summed E-state index contributed by atoms with van der Waals surface area (Å²) >= 11 is 6.16. The molecule has 8 heteroatoms. The lowest BCUT2D eigenvalue weighted by Gasteiger charge is -2.14. The molecule has 1 amide bonds. The molecule has 0 atom stereocenters. The molecule has 0 saturated heterocycles. The highest BCUT2D eigenvalue weighted by molar-refractivity contribution is 6.31. The molecule has 32 heavy (non-hydrogen) atoms. The molecule has 0 aliphatic rings. The number of hydrogen-bond donors (Lipinski definition) is 1. The van der Waals surface area contributed by atoms with Gasteiger partial charge in [-0.1, -0.05) is 23.7 Å². The van der Waals surface area contributed by atoms with Gasteiger partial charge in [-0.15, -0.1) is 0 Å². The Labute approximate surface area is 188 Å². The zero-order chi connectivity index (χ0) is 22.7. The number of aromatic nitrogens is 2. The molecule has 0 saturated carbocycles. The normalized spacial score (nSPS) is 10.8. The van der Waals surface area contributed by atoms with Crippen molar-refractivity contribution in [3.63, 3.8) is 0 Å². The number of amides is 1. The molecule has 1 aromatic heterocycles. The van der Waals surface area contributed by atoms with Gasteiger partial charge in [-0.25, -0.2) is 9.18 Å². The summed E-state index contributed by atoms with van der Waals surface area (Å²) in [5.41, 5.74) is 0.681. The predicted molar refractivity (Wildman–Crippen MR) is 123 cm³/mol. The first-order valence-electron chi connectivity index (χ1n) is 9.94. The summed E-state index contributed by atoms with van der Waals surface area (Å²) in [6.07, 6.45) is 0. The van der Waals surface area contributed by atoms with Gasteiger partial charge >= 0.3 is 5.69 Å². The minimum absolute atomic E-state index is 0.175. The average Bonchev–Trinajstić information content (AvgIpc) is 2.77. The number of nitrogens with zero attached hydrogens (tertiary/aromatic N) is 2. The van der Waals surface area contributed by atoms with Gasteiger partial charge in [0.05, 0.1) is 17.8 Å². The zero-order valence-electron chi connectivity index (χ0n) is 17.1. The van der Waals surface area contributed by atoms with Crippen LogP contribution < -0.4 is 15.7 Å². The van der Waals surface area contributed by atoms with Crippen LogP contribution >= 0.6 is 11.6 Å². The molecule has 1 heterocycles. The van der Waals surface area contributed by atoms with Crippen molar-refractivity contribution >= 4 is 34.1 Å². The van der Waals surface area contributed by atoms with E-state index in [9.17, 15) is 14.0 Å². The number of hydrogen-bond acceptors (Lipinski definition) is 4. The Morgan fingerprint density at radius 2 is 1.88 bits per heavy atom. The third kappa shape index (κ3) is 4.48. The molecule has 0 radical (unpaired) electrons. The average molecular weight is 452 g/mol. The Morgan fingerprint density at radius 3 is 2.59 bits per heavy atom. The Hall–Kier alpha value is -3.71. The fourth-order valence-corrected chi connectivity index (χ4v) is 3.58. The van der Waals surface area contributed by atoms with Crippen molar-refractivity contribution in [2.45, 2.75) is 13.5 Å². The van der Waals surface area contributed by atoms with E-state index in [0.29, 0.717) is 34.0 Å². The maximum Gasteiger partial charge on any atom is 0.349 e. The van der Waals surface area contributed by atoms with Crippen LogP contribution in [0.25, 0.3) is 22.2 Å². The first-order chi connectivity index (χ1) is 15.5. The van der Waals surface area contributed by atoms with Crippen molar-refractivity contribution in [2.75, 3.05) is 11.9 Å². The smallest absolute Gasteiger partial charge is 0.349 e. The third-order valence-electron chi connectivity index (χ3n) is 4.82. The number of nitrogens with one attached hydrogen (secondary N) is 1. The summed E-state index contributed by atoms with van der Waals surface area (Å²) < 4.78 is 21.0. The molecule has 162 valence electrons. The fraction of sp³-hybridized carbons (Fsp3) is 0.125. The van der Waals surface area contributed by atoms with Gasteiger partial charge < -0.3 is 10.1 Å². The van der Waals surface area contributed by atoms with Crippen LogP contribution in [0.1, 0.15) is 6.92 Å². The van der Waals surface area contributed by atoms with Crippen molar-refractivity contribution in [2.24, 2.45) is 0 Å². The van der Waals surface area contributed by atoms with Crippen molar-refractivity contribution in [1.82, 2.24) is 9.55 Å². The van der Waals surface area contributed by atoms with Gasteiger partial charge in [-0.2, -0.15) is 4.98 Å². The van der Waals surface area contributed by atoms with Crippen LogP contribution in [0.5, 0.6) is 5.75 Å². The largest absolute Gasteiger partial charge is 0.494 e. The summed E-state index contributed by atoms with van der Waals surface area (Å²) in [7, 11) is 0. The van der Waals surface area contributed by atoms with Crippen molar-refractivity contribution in [3.8, 4) is 17.0 Å². The van der Waals surface area contributed by atoms with Gasteiger partial charge in [0.25, 0.3) is 0 Å². The minimum atomic E-state index is -0.667. The van der Waals surface area contributed by atoms with E-state index >= 15 is 0 Å². The summed E-state index contributed by atoms with van der Waals surface area (Å²) in [4.78, 5) is 29.6. The summed E-state index contributed by atoms with van der Waals surface area (Å²) in [5.74, 6) is -0.225. The lowest BCUT2D eigenvalue weighted by molar-refractivity contribution is -0.116. The number of rotatable bonds is 6. The van der Waals surface area contributed by atoms with E-state index in [4.69, 9.17) is 16.3 Å². The van der Waals surface area contributed by atoms with Crippen LogP contribution in [-0.4, -0.2) is 22.1 Å². The van der Waals surface area contributed by atoms with Crippen LogP contribution in [0.3, 0.4) is 0 Å². The van der Waals surface area contributed by atoms with Crippen molar-refractivity contribution < 1.29 is 13.9 Å². The molecule has 6 nitrogen and oxygen atoms in total. The molecule has 4 aromatic rings. The van der Waals surface area contributed by atoms with Gasteiger partial charge in [-0.3, -0.25) is 9.36 Å². The molecule has 0 fully saturated rings. The first-order valence-corrected chi connectivity index (χ1v) is 10.3. The number of halogens is 2. The van der Waals surface area contributed by atoms with E-state index < -0.39 is 17.4 Å². The number of ether oxygens (including phenoxy) is 1. The molecule has 0 aliphatic heterocycles. The van der Waals surface area contributed by atoms with E-state index in [2.05, 4.69) is 10.3 Å². The standard InChI is InChI=1S/C24H19ClFN3O3/c1-2-32-17-10-8-16(9-11-17)27-22(30)14-29-21-12-7-15(25)13-19(21)23(28-24(29)31)18-5-3-4-6-20(18)26/h3-13H,2,14H2,1H3,(H,27,30). The molecule has 4 rings (SSSR count). The van der Waals surface area contributed by atoms with E-state index in [1.807, 2.05) is 6.92 Å². The number of fused-ring (bicyclic) bond motifs is 1. The van der Waals surface area contributed by atoms with Crippen LogP contribution in [0.15, 0.2) is 71.5 Å². The van der Waals surface area contributed by atoms with Gasteiger partial charge in [0.15, 0.2) is 0 Å². The van der Waals surface area contributed by atoms with Gasteiger partial charge in [0, 0.05) is 21.7 Å². The second-order valence-electron chi connectivity index (χ2n) is 6.98. The Morgan fingerprint density at radius 1 is 1.12 bits per heavy atom. The highest BCUT2D eigenvalue weighted by atomic mass is 35.5. The maximum atomic E-state index is 14.4. The lowest BCUT2D eigenvalue weighted by atomic mass is 10.1. The Balaban J connectivity index is 1.70. The van der Waals surface area contributed by atoms with Crippen molar-refractivity contribution in [1.29, 1.82) is 0 Å². The zero-order valence-corrected chi connectivity index (χ0v) is 17.9. The Kier molecular flexibility index (Phi) is 6.18. The summed E-state index contributed by atoms with van der Waals surface area (Å²) in [6.45, 7) is 2.16. The van der Waals surface area contributed by atoms with Crippen LogP contribution in [-0.2, 0) is 11.3 Å². The number of benzene rings is 3. The highest BCUT2D eigenvalue weighted by Crippen LogP contribution is 2.29. The van der Waals surface area contributed by atoms with E-state index in [-0.39, 0.29) is 17.8 Å². The molecular formula is C24H19ClFN3O3. The van der Waals surface area contributed by atoms with Gasteiger partial charge in [0.1, 0.15) is 18.1 Å². The number of anilines is 1. The summed E-state index contributed by atoms with van der Waals surface area (Å²) in [5, 5.41) is 3.62.